The normalized spacial score (nSPS) is 21.6. The molecule has 0 aromatic carbocycles. The highest BCUT2D eigenvalue weighted by atomic mass is 35.5. The summed E-state index contributed by atoms with van der Waals surface area (Å²) in [5, 5.41) is 3.85. The van der Waals surface area contributed by atoms with Crippen molar-refractivity contribution in [2.24, 2.45) is 0 Å². The van der Waals surface area contributed by atoms with Crippen LogP contribution in [0.25, 0.3) is 0 Å². The van der Waals surface area contributed by atoms with Gasteiger partial charge in [-0.1, -0.05) is 6.42 Å². The predicted molar refractivity (Wildman–Crippen MR) is 70.9 cm³/mol. The van der Waals surface area contributed by atoms with E-state index in [1.54, 1.807) is 6.20 Å². The Balaban J connectivity index is 0.00000144. The molecular formula is C11H18ClN3OS. The van der Waals surface area contributed by atoms with E-state index < -0.39 is 10.8 Å². The highest BCUT2D eigenvalue weighted by Gasteiger charge is 2.17. The molecule has 6 heteroatoms. The van der Waals surface area contributed by atoms with Crippen molar-refractivity contribution in [1.29, 1.82) is 0 Å². The lowest BCUT2D eigenvalue weighted by Crippen LogP contribution is -2.38. The summed E-state index contributed by atoms with van der Waals surface area (Å²) in [6.07, 6.45) is 5.23. The quantitative estimate of drug-likeness (QED) is 0.849. The summed E-state index contributed by atoms with van der Waals surface area (Å²) in [4.78, 5) is 8.27. The van der Waals surface area contributed by atoms with Crippen LogP contribution in [0.1, 0.15) is 25.0 Å². The second-order valence-electron chi connectivity index (χ2n) is 4.14. The fourth-order valence-corrected chi connectivity index (χ4v) is 3.08. The molecule has 1 saturated heterocycles. The average molecular weight is 276 g/mol. The fourth-order valence-electron chi connectivity index (χ4n) is 1.86. The van der Waals surface area contributed by atoms with E-state index in [2.05, 4.69) is 15.3 Å². The Hall–Kier alpha value is -0.520. The van der Waals surface area contributed by atoms with Crippen LogP contribution in [0.3, 0.4) is 0 Å². The molecule has 1 aliphatic heterocycles. The zero-order chi connectivity index (χ0) is 11.4. The van der Waals surface area contributed by atoms with E-state index >= 15 is 0 Å². The van der Waals surface area contributed by atoms with E-state index in [9.17, 15) is 4.21 Å². The minimum absolute atomic E-state index is 0. The van der Waals surface area contributed by atoms with Crippen molar-refractivity contribution < 1.29 is 4.21 Å². The van der Waals surface area contributed by atoms with Gasteiger partial charge in [-0.15, -0.1) is 12.4 Å². The molecule has 0 saturated carbocycles. The van der Waals surface area contributed by atoms with E-state index in [1.165, 1.54) is 12.8 Å². The summed E-state index contributed by atoms with van der Waals surface area (Å²) in [6, 6.07) is 2.18. The first-order valence-corrected chi connectivity index (χ1v) is 6.99. The lowest BCUT2D eigenvalue weighted by molar-refractivity contribution is 0.427. The van der Waals surface area contributed by atoms with Gasteiger partial charge >= 0.3 is 0 Å². The van der Waals surface area contributed by atoms with Gasteiger partial charge in [0.05, 0.1) is 10.8 Å². The van der Waals surface area contributed by atoms with E-state index in [0.717, 1.165) is 18.7 Å². The highest BCUT2D eigenvalue weighted by molar-refractivity contribution is 7.84. The number of aromatic nitrogens is 2. The third-order valence-electron chi connectivity index (χ3n) is 2.74. The summed E-state index contributed by atoms with van der Waals surface area (Å²) in [5.74, 6) is 0.628. The highest BCUT2D eigenvalue weighted by Crippen LogP contribution is 2.10. The Kier molecular flexibility index (Phi) is 6.02. The molecule has 17 heavy (non-hydrogen) atoms. The fraction of sp³-hybridized carbons (Fsp3) is 0.636. The molecular weight excluding hydrogens is 258 g/mol. The smallest absolute Gasteiger partial charge is 0.218 e. The van der Waals surface area contributed by atoms with Gasteiger partial charge in [0.2, 0.25) is 5.16 Å². The van der Waals surface area contributed by atoms with E-state index in [-0.39, 0.29) is 12.4 Å². The standard InChI is InChI=1S/C11H17N3OS.ClH/c1-9-5-7-13-11(14-9)16(15)8-10-4-2-3-6-12-10;/h5,7,10,12H,2-4,6,8H2,1H3;1H. The number of nitrogens with zero attached hydrogens (tertiary/aromatic N) is 2. The van der Waals surface area contributed by atoms with Crippen LogP contribution in [0.4, 0.5) is 0 Å². The SMILES string of the molecule is Cc1ccnc(S(=O)CC2CCCCN2)n1.Cl. The number of hydrogen-bond acceptors (Lipinski definition) is 4. The molecule has 0 bridgehead atoms. The van der Waals surface area contributed by atoms with Gasteiger partial charge in [-0.05, 0) is 32.4 Å². The van der Waals surface area contributed by atoms with Crippen LogP contribution in [0.5, 0.6) is 0 Å². The van der Waals surface area contributed by atoms with Crippen molar-refractivity contribution >= 4 is 23.2 Å². The maximum atomic E-state index is 12.0. The first-order chi connectivity index (χ1) is 7.75. The van der Waals surface area contributed by atoms with Gasteiger partial charge < -0.3 is 5.32 Å². The number of rotatable bonds is 3. The molecule has 0 amide bonds. The molecule has 1 aromatic rings. The molecule has 1 fully saturated rings. The zero-order valence-electron chi connectivity index (χ0n) is 9.89. The van der Waals surface area contributed by atoms with Crippen LogP contribution in [-0.2, 0) is 10.8 Å². The number of nitrogens with one attached hydrogen (secondary N) is 1. The molecule has 2 heterocycles. The number of piperidine rings is 1. The Bertz CT molecular complexity index is 383. The van der Waals surface area contributed by atoms with Crippen molar-refractivity contribution in [2.75, 3.05) is 12.3 Å². The maximum absolute atomic E-state index is 12.0. The molecule has 2 rings (SSSR count). The Labute approximate surface area is 110 Å². The molecule has 1 aromatic heterocycles. The van der Waals surface area contributed by atoms with Crippen molar-refractivity contribution in [1.82, 2.24) is 15.3 Å². The molecule has 1 aliphatic rings. The number of halogens is 1. The summed E-state index contributed by atoms with van der Waals surface area (Å²) in [5.41, 5.74) is 0.870. The molecule has 96 valence electrons. The first-order valence-electron chi connectivity index (χ1n) is 5.67. The van der Waals surface area contributed by atoms with Gasteiger partial charge in [-0.25, -0.2) is 9.97 Å². The zero-order valence-corrected chi connectivity index (χ0v) is 11.5. The van der Waals surface area contributed by atoms with Crippen LogP contribution in [0.2, 0.25) is 0 Å². The van der Waals surface area contributed by atoms with Crippen LogP contribution >= 0.6 is 12.4 Å². The lowest BCUT2D eigenvalue weighted by atomic mass is 10.1. The minimum Gasteiger partial charge on any atom is -0.313 e. The third kappa shape index (κ3) is 4.33. The molecule has 0 aliphatic carbocycles. The monoisotopic (exact) mass is 275 g/mol. The summed E-state index contributed by atoms with van der Waals surface area (Å²) >= 11 is 0. The summed E-state index contributed by atoms with van der Waals surface area (Å²) in [7, 11) is -1.08. The van der Waals surface area contributed by atoms with Crippen LogP contribution < -0.4 is 5.32 Å². The van der Waals surface area contributed by atoms with Gasteiger partial charge in [-0.3, -0.25) is 4.21 Å². The van der Waals surface area contributed by atoms with Gasteiger partial charge in [0.25, 0.3) is 0 Å². The van der Waals surface area contributed by atoms with Gasteiger partial charge in [0.15, 0.2) is 0 Å². The Morgan fingerprint density at radius 2 is 2.35 bits per heavy atom. The predicted octanol–water partition coefficient (Wildman–Crippen LogP) is 1.46. The van der Waals surface area contributed by atoms with E-state index in [0.29, 0.717) is 17.0 Å². The van der Waals surface area contributed by atoms with Gasteiger partial charge in [0.1, 0.15) is 0 Å². The van der Waals surface area contributed by atoms with Crippen molar-refractivity contribution in [3.8, 4) is 0 Å². The number of hydrogen-bond donors (Lipinski definition) is 1. The molecule has 0 radical (unpaired) electrons. The van der Waals surface area contributed by atoms with Crippen molar-refractivity contribution in [3.05, 3.63) is 18.0 Å². The van der Waals surface area contributed by atoms with Crippen LogP contribution in [0, 0.1) is 6.92 Å². The second kappa shape index (κ2) is 7.03. The van der Waals surface area contributed by atoms with Crippen molar-refractivity contribution in [3.63, 3.8) is 0 Å². The first kappa shape index (κ1) is 14.5. The Morgan fingerprint density at radius 3 is 3.00 bits per heavy atom. The topological polar surface area (TPSA) is 54.9 Å². The van der Waals surface area contributed by atoms with E-state index in [1.807, 2.05) is 13.0 Å². The summed E-state index contributed by atoms with van der Waals surface area (Å²) < 4.78 is 12.0. The Morgan fingerprint density at radius 1 is 1.53 bits per heavy atom. The largest absolute Gasteiger partial charge is 0.313 e. The van der Waals surface area contributed by atoms with Gasteiger partial charge in [0, 0.05) is 23.7 Å². The molecule has 0 spiro atoms. The van der Waals surface area contributed by atoms with Crippen LogP contribution in [-0.4, -0.2) is 32.5 Å². The molecule has 1 N–H and O–H groups in total. The lowest BCUT2D eigenvalue weighted by Gasteiger charge is -2.22. The maximum Gasteiger partial charge on any atom is 0.218 e. The van der Waals surface area contributed by atoms with Crippen molar-refractivity contribution in [2.45, 2.75) is 37.4 Å². The third-order valence-corrected chi connectivity index (χ3v) is 4.05. The van der Waals surface area contributed by atoms with E-state index in [4.69, 9.17) is 0 Å². The number of aryl methyl sites for hydroxylation is 1. The second-order valence-corrected chi connectivity index (χ2v) is 5.53. The molecule has 2 unspecified atom stereocenters. The minimum atomic E-state index is -1.08. The van der Waals surface area contributed by atoms with Crippen LogP contribution in [0.15, 0.2) is 17.4 Å². The molecule has 2 atom stereocenters. The molecule has 4 nitrogen and oxygen atoms in total. The average Bonchev–Trinajstić information content (AvgIpc) is 2.30. The summed E-state index contributed by atoms with van der Waals surface area (Å²) in [6.45, 7) is 2.93. The van der Waals surface area contributed by atoms with Gasteiger partial charge in [-0.2, -0.15) is 0 Å².